The number of piperidine rings is 1. The molecule has 1 aliphatic heterocycles. The number of esters is 1. The van der Waals surface area contributed by atoms with Crippen molar-refractivity contribution in [3.63, 3.8) is 0 Å². The maximum Gasteiger partial charge on any atom is 0.411 e. The number of rotatable bonds is 5. The molecule has 1 amide bonds. The lowest BCUT2D eigenvalue weighted by molar-refractivity contribution is -0.585. The normalized spacial score (nSPS) is 22.1. The van der Waals surface area contributed by atoms with E-state index >= 15 is 0 Å². The highest BCUT2D eigenvalue weighted by Gasteiger charge is 2.57. The van der Waals surface area contributed by atoms with Crippen LogP contribution in [0, 0.1) is 15.9 Å². The van der Waals surface area contributed by atoms with Gasteiger partial charge in [0.25, 0.3) is 0 Å². The summed E-state index contributed by atoms with van der Waals surface area (Å²) in [7, 11) is 1.21. The zero-order valence-electron chi connectivity index (χ0n) is 17.1. The van der Waals surface area contributed by atoms with E-state index in [-0.39, 0.29) is 25.8 Å². The number of halogens is 1. The van der Waals surface area contributed by atoms with Gasteiger partial charge in [-0.25, -0.2) is 9.18 Å². The van der Waals surface area contributed by atoms with Crippen LogP contribution in [0.1, 0.15) is 58.1 Å². The molecule has 2 rings (SSSR count). The summed E-state index contributed by atoms with van der Waals surface area (Å²) < 4.78 is 23.6. The number of hydrogen-bond donors (Lipinski definition) is 0. The second-order valence-corrected chi connectivity index (χ2v) is 8.17. The number of nitrogens with zero attached hydrogens (tertiary/aromatic N) is 2. The fourth-order valence-electron chi connectivity index (χ4n) is 3.73. The van der Waals surface area contributed by atoms with Crippen LogP contribution in [0.15, 0.2) is 24.3 Å². The summed E-state index contributed by atoms with van der Waals surface area (Å²) in [6.07, 6.45) is -0.432. The maximum absolute atomic E-state index is 13.5. The third-order valence-electron chi connectivity index (χ3n) is 5.00. The lowest BCUT2D eigenvalue weighted by Gasteiger charge is -2.44. The summed E-state index contributed by atoms with van der Waals surface area (Å²) in [5.41, 5.74) is -2.00. The molecule has 1 aliphatic rings. The van der Waals surface area contributed by atoms with Crippen molar-refractivity contribution in [3.8, 4) is 0 Å². The quantitative estimate of drug-likeness (QED) is 0.415. The fourth-order valence-corrected chi connectivity index (χ4v) is 3.73. The topological polar surface area (TPSA) is 99.0 Å². The van der Waals surface area contributed by atoms with Gasteiger partial charge in [0.05, 0.1) is 13.5 Å². The third-order valence-corrected chi connectivity index (χ3v) is 5.00. The zero-order valence-corrected chi connectivity index (χ0v) is 17.1. The second-order valence-electron chi connectivity index (χ2n) is 8.17. The highest BCUT2D eigenvalue weighted by atomic mass is 19.1. The number of amides is 1. The van der Waals surface area contributed by atoms with Crippen molar-refractivity contribution in [2.24, 2.45) is 0 Å². The largest absolute Gasteiger partial charge is 0.469 e. The zero-order chi connectivity index (χ0) is 21.8. The van der Waals surface area contributed by atoms with Crippen LogP contribution in [0.4, 0.5) is 9.18 Å². The van der Waals surface area contributed by atoms with Gasteiger partial charge < -0.3 is 9.47 Å². The molecule has 2 atom stereocenters. The predicted octanol–water partition coefficient (Wildman–Crippen LogP) is 3.87. The Morgan fingerprint density at radius 1 is 1.31 bits per heavy atom. The molecule has 0 bridgehead atoms. The van der Waals surface area contributed by atoms with Crippen molar-refractivity contribution in [2.45, 2.75) is 63.6 Å². The van der Waals surface area contributed by atoms with Crippen molar-refractivity contribution in [1.29, 1.82) is 0 Å². The van der Waals surface area contributed by atoms with Gasteiger partial charge in [0.15, 0.2) is 0 Å². The van der Waals surface area contributed by atoms with Crippen LogP contribution in [0.25, 0.3) is 0 Å². The Balaban J connectivity index is 2.53. The number of hydrogen-bond acceptors (Lipinski definition) is 6. The molecule has 1 saturated heterocycles. The second kappa shape index (κ2) is 8.75. The average Bonchev–Trinajstić information content (AvgIpc) is 2.64. The molecule has 0 spiro atoms. The van der Waals surface area contributed by atoms with E-state index in [0.717, 1.165) is 0 Å². The third kappa shape index (κ3) is 5.21. The molecule has 0 radical (unpaired) electrons. The Morgan fingerprint density at radius 3 is 2.45 bits per heavy atom. The molecule has 1 heterocycles. The van der Waals surface area contributed by atoms with E-state index in [1.807, 2.05) is 0 Å². The van der Waals surface area contributed by atoms with Gasteiger partial charge in [0, 0.05) is 24.3 Å². The van der Waals surface area contributed by atoms with Crippen molar-refractivity contribution >= 4 is 12.1 Å². The first-order valence-corrected chi connectivity index (χ1v) is 9.46. The lowest BCUT2D eigenvalue weighted by atomic mass is 9.75. The summed E-state index contributed by atoms with van der Waals surface area (Å²) in [6, 6.07) is 4.24. The van der Waals surface area contributed by atoms with Gasteiger partial charge in [0.1, 0.15) is 17.5 Å². The first kappa shape index (κ1) is 22.6. The van der Waals surface area contributed by atoms with E-state index < -0.39 is 40.0 Å². The van der Waals surface area contributed by atoms with Crippen LogP contribution in [0.5, 0.6) is 0 Å². The maximum atomic E-state index is 13.5. The molecule has 160 valence electrons. The fraction of sp³-hybridized carbons (Fsp3) is 0.600. The smallest absolute Gasteiger partial charge is 0.411 e. The SMILES string of the molecule is COC(=O)CCC1([N+](=O)[O-])CCCN(C(=O)OC(C)(C)C)C1c1ccc(F)cc1. The Morgan fingerprint density at radius 2 is 1.93 bits per heavy atom. The van der Waals surface area contributed by atoms with Crippen LogP contribution in [0.3, 0.4) is 0 Å². The van der Waals surface area contributed by atoms with Crippen LogP contribution in [-0.2, 0) is 14.3 Å². The van der Waals surface area contributed by atoms with Gasteiger partial charge in [-0.2, -0.15) is 0 Å². The molecular formula is C20H27FN2O6. The molecule has 29 heavy (non-hydrogen) atoms. The van der Waals surface area contributed by atoms with E-state index in [4.69, 9.17) is 4.74 Å². The van der Waals surface area contributed by atoms with Gasteiger partial charge in [0.2, 0.25) is 5.54 Å². The summed E-state index contributed by atoms with van der Waals surface area (Å²) in [4.78, 5) is 37.8. The Kier molecular flexibility index (Phi) is 6.81. The average molecular weight is 410 g/mol. The van der Waals surface area contributed by atoms with Gasteiger partial charge >= 0.3 is 12.1 Å². The molecule has 1 fully saturated rings. The van der Waals surface area contributed by atoms with Crippen molar-refractivity contribution in [3.05, 3.63) is 45.8 Å². The molecule has 0 N–H and O–H groups in total. The minimum absolute atomic E-state index is 0.117. The van der Waals surface area contributed by atoms with E-state index in [1.54, 1.807) is 20.8 Å². The molecule has 0 aromatic heterocycles. The number of benzene rings is 1. The minimum atomic E-state index is -1.62. The molecular weight excluding hydrogens is 383 g/mol. The lowest BCUT2D eigenvalue weighted by Crippen LogP contribution is -2.57. The van der Waals surface area contributed by atoms with E-state index in [9.17, 15) is 24.1 Å². The highest BCUT2D eigenvalue weighted by molar-refractivity contribution is 5.70. The summed E-state index contributed by atoms with van der Waals surface area (Å²) in [5, 5.41) is 12.3. The first-order valence-electron chi connectivity index (χ1n) is 9.46. The van der Waals surface area contributed by atoms with Gasteiger partial charge in [-0.05, 0) is 44.9 Å². The van der Waals surface area contributed by atoms with Crippen LogP contribution >= 0.6 is 0 Å². The monoisotopic (exact) mass is 410 g/mol. The number of likely N-dealkylation sites (tertiary alicyclic amines) is 1. The Bertz CT molecular complexity index is 761. The molecule has 2 unspecified atom stereocenters. The number of carbonyl (C=O) groups is 2. The van der Waals surface area contributed by atoms with E-state index in [1.165, 1.54) is 36.3 Å². The van der Waals surface area contributed by atoms with Gasteiger partial charge in [-0.1, -0.05) is 12.1 Å². The first-order chi connectivity index (χ1) is 13.5. The van der Waals surface area contributed by atoms with Crippen molar-refractivity contribution in [1.82, 2.24) is 4.90 Å². The molecule has 1 aromatic rings. The Labute approximate surface area is 169 Å². The molecule has 8 nitrogen and oxygen atoms in total. The van der Waals surface area contributed by atoms with E-state index in [2.05, 4.69) is 4.74 Å². The van der Waals surface area contributed by atoms with Crippen molar-refractivity contribution < 1.29 is 28.4 Å². The number of methoxy groups -OCH3 is 1. The molecule has 1 aromatic carbocycles. The van der Waals surface area contributed by atoms with Crippen LogP contribution in [-0.4, -0.2) is 46.7 Å². The summed E-state index contributed by atoms with van der Waals surface area (Å²) in [6.45, 7) is 5.38. The van der Waals surface area contributed by atoms with Crippen LogP contribution in [0.2, 0.25) is 0 Å². The predicted molar refractivity (Wildman–Crippen MR) is 102 cm³/mol. The summed E-state index contributed by atoms with van der Waals surface area (Å²) in [5.74, 6) is -1.06. The van der Waals surface area contributed by atoms with Gasteiger partial charge in [-0.15, -0.1) is 0 Å². The minimum Gasteiger partial charge on any atom is -0.469 e. The highest BCUT2D eigenvalue weighted by Crippen LogP contribution is 2.45. The number of ether oxygens (including phenoxy) is 2. The molecule has 9 heteroatoms. The Hall–Kier alpha value is -2.71. The molecule has 0 saturated carbocycles. The van der Waals surface area contributed by atoms with Gasteiger partial charge in [-0.3, -0.25) is 19.8 Å². The number of nitro groups is 1. The standard InChI is InChI=1S/C20H27FN2O6/c1-19(2,3)29-18(25)22-13-5-11-20(23(26)27,12-10-16(24)28-4)17(22)14-6-8-15(21)9-7-14/h6-9,17H,5,10-13H2,1-4H3. The molecule has 0 aliphatic carbocycles. The van der Waals surface area contributed by atoms with Crippen LogP contribution < -0.4 is 0 Å². The van der Waals surface area contributed by atoms with Crippen molar-refractivity contribution in [2.75, 3.05) is 13.7 Å². The van der Waals surface area contributed by atoms with E-state index in [0.29, 0.717) is 12.0 Å². The summed E-state index contributed by atoms with van der Waals surface area (Å²) >= 11 is 0. The number of carbonyl (C=O) groups excluding carboxylic acids is 2.